The molecule has 0 fully saturated rings. The largest absolute Gasteiger partial charge is 0.480 e. The molecular formula is C13H22N6O7. The number of amides is 5. The first kappa shape index (κ1) is 22.8. The van der Waals surface area contributed by atoms with Crippen molar-refractivity contribution in [2.24, 2.45) is 17.2 Å². The number of nitrogens with two attached hydrogens (primary N) is 3. The molecule has 0 aliphatic rings. The topological polar surface area (TPSA) is 237 Å². The predicted molar refractivity (Wildman–Crippen MR) is 85.8 cm³/mol. The lowest BCUT2D eigenvalue weighted by atomic mass is 10.1. The average molecular weight is 374 g/mol. The van der Waals surface area contributed by atoms with Crippen LogP contribution in [0.15, 0.2) is 0 Å². The van der Waals surface area contributed by atoms with Crippen molar-refractivity contribution >= 4 is 35.5 Å². The summed E-state index contributed by atoms with van der Waals surface area (Å²) in [6.45, 7) is -0.860. The highest BCUT2D eigenvalue weighted by Gasteiger charge is 2.28. The molecule has 0 radical (unpaired) electrons. The van der Waals surface area contributed by atoms with E-state index in [0.29, 0.717) is 0 Å². The first-order chi connectivity index (χ1) is 12.1. The highest BCUT2D eigenvalue weighted by molar-refractivity contribution is 5.94. The quantitative estimate of drug-likeness (QED) is 0.174. The van der Waals surface area contributed by atoms with E-state index in [1.54, 1.807) is 0 Å². The zero-order valence-electron chi connectivity index (χ0n) is 13.8. The second-order valence-corrected chi connectivity index (χ2v) is 5.18. The summed E-state index contributed by atoms with van der Waals surface area (Å²) in [4.78, 5) is 67.8. The highest BCUT2D eigenvalue weighted by Crippen LogP contribution is 2.00. The number of hydrogen-bond donors (Lipinski definition) is 7. The number of carbonyl (C=O) groups excluding carboxylic acids is 5. The third kappa shape index (κ3) is 9.82. The molecule has 2 unspecified atom stereocenters. The van der Waals surface area contributed by atoms with Gasteiger partial charge in [0.15, 0.2) is 0 Å². The monoisotopic (exact) mass is 374 g/mol. The van der Waals surface area contributed by atoms with Gasteiger partial charge in [-0.15, -0.1) is 0 Å². The summed E-state index contributed by atoms with van der Waals surface area (Å²) in [5, 5.41) is 15.4. The van der Waals surface area contributed by atoms with E-state index in [9.17, 15) is 28.8 Å². The lowest BCUT2D eigenvalue weighted by molar-refractivity contribution is -0.142. The van der Waals surface area contributed by atoms with Crippen LogP contribution in [0.2, 0.25) is 0 Å². The van der Waals surface area contributed by atoms with Gasteiger partial charge in [-0.1, -0.05) is 0 Å². The van der Waals surface area contributed by atoms with Crippen LogP contribution >= 0.6 is 0 Å². The standard InChI is InChI=1S/C13H22N6O7/c14-4-10(22)17-5-11(23)18-7(3-9(16)21)12(24)19-6(13(25)26)1-2-8(15)20/h6-7H,1-5,14H2,(H2,15,20)(H2,16,21)(H,17,22)(H,18,23)(H,19,24)(H,25,26). The summed E-state index contributed by atoms with van der Waals surface area (Å²) < 4.78 is 0. The summed E-state index contributed by atoms with van der Waals surface area (Å²) >= 11 is 0. The van der Waals surface area contributed by atoms with Gasteiger partial charge in [-0.2, -0.15) is 0 Å². The van der Waals surface area contributed by atoms with Gasteiger partial charge in [0.25, 0.3) is 0 Å². The molecule has 0 spiro atoms. The lowest BCUT2D eigenvalue weighted by Crippen LogP contribution is -2.54. The smallest absolute Gasteiger partial charge is 0.326 e. The average Bonchev–Trinajstić information content (AvgIpc) is 2.54. The molecule has 0 saturated carbocycles. The van der Waals surface area contributed by atoms with E-state index in [2.05, 4.69) is 16.0 Å². The van der Waals surface area contributed by atoms with Gasteiger partial charge in [-0.05, 0) is 6.42 Å². The second-order valence-electron chi connectivity index (χ2n) is 5.18. The van der Waals surface area contributed by atoms with E-state index in [0.717, 1.165) is 0 Å². The van der Waals surface area contributed by atoms with E-state index in [-0.39, 0.29) is 19.4 Å². The van der Waals surface area contributed by atoms with Crippen molar-refractivity contribution in [1.82, 2.24) is 16.0 Å². The van der Waals surface area contributed by atoms with E-state index < -0.39 is 60.6 Å². The molecular weight excluding hydrogens is 352 g/mol. The number of aliphatic carboxylic acids is 1. The van der Waals surface area contributed by atoms with Crippen LogP contribution in [0.1, 0.15) is 19.3 Å². The van der Waals surface area contributed by atoms with Crippen molar-refractivity contribution in [1.29, 1.82) is 0 Å². The normalized spacial score (nSPS) is 12.3. The number of carboxylic acid groups (broad SMARTS) is 1. The third-order valence-electron chi connectivity index (χ3n) is 2.98. The summed E-state index contributed by atoms with van der Waals surface area (Å²) in [7, 11) is 0. The Morgan fingerprint density at radius 2 is 1.50 bits per heavy atom. The summed E-state index contributed by atoms with van der Waals surface area (Å²) in [6, 6.07) is -2.93. The molecule has 2 atom stereocenters. The van der Waals surface area contributed by atoms with Crippen molar-refractivity contribution in [2.45, 2.75) is 31.3 Å². The van der Waals surface area contributed by atoms with Gasteiger partial charge >= 0.3 is 5.97 Å². The van der Waals surface area contributed by atoms with Crippen molar-refractivity contribution < 1.29 is 33.9 Å². The summed E-state index contributed by atoms with van der Waals surface area (Å²) in [5.41, 5.74) is 15.0. The first-order valence-electron chi connectivity index (χ1n) is 7.42. The molecule has 0 aliphatic carbocycles. The van der Waals surface area contributed by atoms with Crippen LogP contribution in [0.3, 0.4) is 0 Å². The first-order valence-corrected chi connectivity index (χ1v) is 7.42. The van der Waals surface area contributed by atoms with Gasteiger partial charge < -0.3 is 38.3 Å². The van der Waals surface area contributed by atoms with E-state index >= 15 is 0 Å². The number of rotatable bonds is 12. The minimum atomic E-state index is -1.47. The maximum absolute atomic E-state index is 12.1. The SMILES string of the molecule is NCC(=O)NCC(=O)NC(CC(N)=O)C(=O)NC(CCC(N)=O)C(=O)O. The Labute approximate surface area is 148 Å². The number of carbonyl (C=O) groups is 6. The Balaban J connectivity index is 4.91. The van der Waals surface area contributed by atoms with E-state index in [4.69, 9.17) is 22.3 Å². The molecule has 0 bridgehead atoms. The van der Waals surface area contributed by atoms with Gasteiger partial charge in [0.1, 0.15) is 12.1 Å². The molecule has 0 saturated heterocycles. The molecule has 0 aromatic rings. The van der Waals surface area contributed by atoms with Gasteiger partial charge in [0, 0.05) is 6.42 Å². The number of primary amides is 2. The molecule has 13 nitrogen and oxygen atoms in total. The number of nitrogens with one attached hydrogen (secondary N) is 3. The maximum atomic E-state index is 12.1. The van der Waals surface area contributed by atoms with Gasteiger partial charge in [0.05, 0.1) is 19.5 Å². The van der Waals surface area contributed by atoms with Crippen LogP contribution in [-0.4, -0.2) is 65.8 Å². The molecule has 0 aromatic carbocycles. The lowest BCUT2D eigenvalue weighted by Gasteiger charge is -2.20. The Morgan fingerprint density at radius 1 is 0.885 bits per heavy atom. The summed E-state index contributed by atoms with van der Waals surface area (Å²) in [5.74, 6) is -5.56. The molecule has 146 valence electrons. The zero-order valence-corrected chi connectivity index (χ0v) is 13.8. The van der Waals surface area contributed by atoms with Crippen molar-refractivity contribution in [3.05, 3.63) is 0 Å². The van der Waals surface area contributed by atoms with Crippen molar-refractivity contribution in [2.75, 3.05) is 13.1 Å². The molecule has 5 amide bonds. The highest BCUT2D eigenvalue weighted by atomic mass is 16.4. The minimum Gasteiger partial charge on any atom is -0.480 e. The van der Waals surface area contributed by atoms with E-state index in [1.807, 2.05) is 0 Å². The van der Waals surface area contributed by atoms with Crippen LogP contribution in [0.4, 0.5) is 0 Å². The number of carboxylic acids is 1. The predicted octanol–water partition coefficient (Wildman–Crippen LogP) is -4.74. The molecule has 0 heterocycles. The van der Waals surface area contributed by atoms with Crippen LogP contribution in [0, 0.1) is 0 Å². The molecule has 13 heteroatoms. The van der Waals surface area contributed by atoms with Gasteiger partial charge in [0.2, 0.25) is 29.5 Å². The fourth-order valence-electron chi connectivity index (χ4n) is 1.72. The zero-order chi connectivity index (χ0) is 20.3. The fourth-order valence-corrected chi connectivity index (χ4v) is 1.72. The van der Waals surface area contributed by atoms with Crippen molar-refractivity contribution in [3.8, 4) is 0 Å². The molecule has 26 heavy (non-hydrogen) atoms. The van der Waals surface area contributed by atoms with Gasteiger partial charge in [-0.3, -0.25) is 24.0 Å². The fraction of sp³-hybridized carbons (Fsp3) is 0.538. The molecule has 0 aromatic heterocycles. The Hall–Kier alpha value is -3.22. The van der Waals surface area contributed by atoms with Crippen LogP contribution in [0.25, 0.3) is 0 Å². The molecule has 0 aliphatic heterocycles. The minimum absolute atomic E-state index is 0.278. The third-order valence-corrected chi connectivity index (χ3v) is 2.98. The Kier molecular flexibility index (Phi) is 9.95. The Bertz CT molecular complexity index is 579. The van der Waals surface area contributed by atoms with Crippen molar-refractivity contribution in [3.63, 3.8) is 0 Å². The molecule has 0 rings (SSSR count). The van der Waals surface area contributed by atoms with E-state index in [1.165, 1.54) is 0 Å². The second kappa shape index (κ2) is 11.4. The van der Waals surface area contributed by atoms with Gasteiger partial charge in [-0.25, -0.2) is 4.79 Å². The van der Waals surface area contributed by atoms with Crippen LogP contribution < -0.4 is 33.2 Å². The van der Waals surface area contributed by atoms with Crippen LogP contribution in [0.5, 0.6) is 0 Å². The van der Waals surface area contributed by atoms with Crippen LogP contribution in [-0.2, 0) is 28.8 Å². The number of hydrogen-bond acceptors (Lipinski definition) is 7. The maximum Gasteiger partial charge on any atom is 0.326 e. The summed E-state index contributed by atoms with van der Waals surface area (Å²) in [6.07, 6.45) is -1.18. The molecule has 10 N–H and O–H groups in total. The Morgan fingerprint density at radius 3 is 1.96 bits per heavy atom.